The molecule has 5 heteroatoms. The van der Waals surface area contributed by atoms with E-state index in [4.69, 9.17) is 9.47 Å². The highest BCUT2D eigenvalue weighted by Gasteiger charge is 2.30. The molecule has 1 N–H and O–H groups in total. The van der Waals surface area contributed by atoms with E-state index in [0.29, 0.717) is 18.8 Å². The summed E-state index contributed by atoms with van der Waals surface area (Å²) < 4.78 is 11.0. The molecule has 1 aliphatic heterocycles. The van der Waals surface area contributed by atoms with Gasteiger partial charge in [-0.1, -0.05) is 24.3 Å². The number of aryl methyl sites for hydroxylation is 1. The molecule has 1 fully saturated rings. The summed E-state index contributed by atoms with van der Waals surface area (Å²) in [5.74, 6) is 0.843. The van der Waals surface area contributed by atoms with Crippen LogP contribution >= 0.6 is 0 Å². The highest BCUT2D eigenvalue weighted by Crippen LogP contribution is 2.25. The zero-order valence-corrected chi connectivity index (χ0v) is 16.1. The first-order valence-electron chi connectivity index (χ1n) is 9.51. The van der Waals surface area contributed by atoms with Crippen LogP contribution in [0.1, 0.15) is 21.5 Å². The van der Waals surface area contributed by atoms with Gasteiger partial charge in [0, 0.05) is 23.1 Å². The number of aromatic nitrogens is 1. The van der Waals surface area contributed by atoms with Crippen molar-refractivity contribution in [3.63, 3.8) is 0 Å². The fourth-order valence-corrected chi connectivity index (χ4v) is 3.79. The monoisotopic (exact) mass is 376 g/mol. The fraction of sp³-hybridized carbons (Fsp3) is 0.304. The number of hydrogen-bond donors (Lipinski definition) is 1. The van der Waals surface area contributed by atoms with E-state index in [2.05, 4.69) is 22.4 Å². The molecular formula is C23H24N2O3. The lowest BCUT2D eigenvalue weighted by Crippen LogP contribution is -2.40. The molecule has 2 heterocycles. The third-order valence-electron chi connectivity index (χ3n) is 5.41. The second-order valence-electron chi connectivity index (χ2n) is 7.25. The molecule has 1 aromatic heterocycles. The van der Waals surface area contributed by atoms with Crippen molar-refractivity contribution in [3.05, 3.63) is 71.4 Å². The minimum Gasteiger partial charge on any atom is -0.496 e. The van der Waals surface area contributed by atoms with Crippen molar-refractivity contribution in [1.82, 2.24) is 10.3 Å². The number of hydrogen-bond acceptors (Lipinski definition) is 4. The van der Waals surface area contributed by atoms with E-state index in [1.807, 2.05) is 43.5 Å². The number of fused-ring (bicyclic) bond motifs is 1. The lowest BCUT2D eigenvalue weighted by atomic mass is 9.93. The normalized spacial score (nSPS) is 18.9. The molecule has 2 atom stereocenters. The lowest BCUT2D eigenvalue weighted by Gasteiger charge is -2.20. The highest BCUT2D eigenvalue weighted by atomic mass is 16.5. The number of benzene rings is 2. The Morgan fingerprint density at radius 2 is 2.07 bits per heavy atom. The van der Waals surface area contributed by atoms with Gasteiger partial charge in [0.15, 0.2) is 0 Å². The second kappa shape index (κ2) is 7.98. The Bertz CT molecular complexity index is 997. The maximum atomic E-state index is 12.8. The maximum absolute atomic E-state index is 12.8. The number of carbonyl (C=O) groups is 1. The predicted molar refractivity (Wildman–Crippen MR) is 109 cm³/mol. The van der Waals surface area contributed by atoms with Crippen LogP contribution in [-0.4, -0.2) is 37.3 Å². The van der Waals surface area contributed by atoms with Crippen LogP contribution < -0.4 is 10.1 Å². The van der Waals surface area contributed by atoms with Gasteiger partial charge in [0.2, 0.25) is 0 Å². The summed E-state index contributed by atoms with van der Waals surface area (Å²) in [6.07, 6.45) is 2.69. The molecule has 0 saturated carbocycles. The summed E-state index contributed by atoms with van der Waals surface area (Å²) in [5, 5.41) is 4.31. The van der Waals surface area contributed by atoms with Gasteiger partial charge in [-0.2, -0.15) is 0 Å². The van der Waals surface area contributed by atoms with Crippen molar-refractivity contribution < 1.29 is 14.3 Å². The molecule has 0 spiro atoms. The van der Waals surface area contributed by atoms with E-state index in [1.165, 1.54) is 5.56 Å². The molecule has 0 unspecified atom stereocenters. The first kappa shape index (κ1) is 18.4. The van der Waals surface area contributed by atoms with Gasteiger partial charge in [-0.15, -0.1) is 0 Å². The van der Waals surface area contributed by atoms with Gasteiger partial charge in [-0.25, -0.2) is 0 Å². The first-order valence-corrected chi connectivity index (χ1v) is 9.51. The van der Waals surface area contributed by atoms with Gasteiger partial charge in [0.05, 0.1) is 31.9 Å². The molecule has 4 rings (SSSR count). The van der Waals surface area contributed by atoms with Gasteiger partial charge in [0.1, 0.15) is 5.75 Å². The molecular weight excluding hydrogens is 352 g/mol. The van der Waals surface area contributed by atoms with Gasteiger partial charge >= 0.3 is 0 Å². The number of rotatable bonds is 5. The fourth-order valence-electron chi connectivity index (χ4n) is 3.79. The average molecular weight is 376 g/mol. The van der Waals surface area contributed by atoms with E-state index < -0.39 is 0 Å². The number of carbonyl (C=O) groups excluding carboxylic acids is 1. The average Bonchev–Trinajstić information content (AvgIpc) is 3.15. The summed E-state index contributed by atoms with van der Waals surface area (Å²) in [5.41, 5.74) is 3.83. The van der Waals surface area contributed by atoms with Crippen LogP contribution in [0.3, 0.4) is 0 Å². The van der Waals surface area contributed by atoms with Crippen molar-refractivity contribution in [2.24, 2.45) is 5.92 Å². The van der Waals surface area contributed by atoms with Crippen LogP contribution in [0.5, 0.6) is 5.75 Å². The molecule has 1 saturated heterocycles. The molecule has 3 aromatic rings. The minimum atomic E-state index is -0.0987. The number of methoxy groups -OCH3 is 1. The van der Waals surface area contributed by atoms with Crippen LogP contribution in [0.4, 0.5) is 0 Å². The van der Waals surface area contributed by atoms with Crippen molar-refractivity contribution in [2.75, 3.05) is 20.3 Å². The Balaban J connectivity index is 1.50. The molecule has 0 radical (unpaired) electrons. The third-order valence-corrected chi connectivity index (χ3v) is 5.41. The van der Waals surface area contributed by atoms with E-state index >= 15 is 0 Å². The number of ether oxygens (including phenoxy) is 2. The largest absolute Gasteiger partial charge is 0.496 e. The topological polar surface area (TPSA) is 60.5 Å². The zero-order chi connectivity index (χ0) is 19.5. The minimum absolute atomic E-state index is 0.0216. The Kier molecular flexibility index (Phi) is 5.26. The van der Waals surface area contributed by atoms with Crippen LogP contribution in [0, 0.1) is 12.8 Å². The third kappa shape index (κ3) is 3.71. The van der Waals surface area contributed by atoms with Crippen LogP contribution in [0.2, 0.25) is 0 Å². The Labute approximate surface area is 164 Å². The summed E-state index contributed by atoms with van der Waals surface area (Å²) in [6, 6.07) is 15.7. The quantitative estimate of drug-likeness (QED) is 0.740. The van der Waals surface area contributed by atoms with E-state index in [1.54, 1.807) is 13.2 Å². The summed E-state index contributed by atoms with van der Waals surface area (Å²) in [4.78, 5) is 17.2. The smallest absolute Gasteiger partial charge is 0.251 e. The van der Waals surface area contributed by atoms with Crippen molar-refractivity contribution in [1.29, 1.82) is 0 Å². The van der Waals surface area contributed by atoms with Crippen molar-refractivity contribution in [3.8, 4) is 5.75 Å². The summed E-state index contributed by atoms with van der Waals surface area (Å²) in [6.45, 7) is 3.13. The maximum Gasteiger partial charge on any atom is 0.251 e. The van der Waals surface area contributed by atoms with Crippen LogP contribution in [-0.2, 0) is 11.2 Å². The van der Waals surface area contributed by atoms with Gasteiger partial charge in [-0.3, -0.25) is 9.78 Å². The Morgan fingerprint density at radius 1 is 1.21 bits per heavy atom. The van der Waals surface area contributed by atoms with E-state index in [0.717, 1.165) is 28.6 Å². The van der Waals surface area contributed by atoms with Gasteiger partial charge in [-0.05, 0) is 48.7 Å². The molecule has 2 aromatic carbocycles. The number of nitrogens with one attached hydrogen (secondary N) is 1. The van der Waals surface area contributed by atoms with Crippen molar-refractivity contribution in [2.45, 2.75) is 19.4 Å². The van der Waals surface area contributed by atoms with E-state index in [-0.39, 0.29) is 17.9 Å². The number of para-hydroxylation sites is 1. The molecule has 5 nitrogen and oxygen atoms in total. The summed E-state index contributed by atoms with van der Waals surface area (Å²) >= 11 is 0. The molecule has 1 aliphatic rings. The lowest BCUT2D eigenvalue weighted by molar-refractivity contribution is 0.0924. The predicted octanol–water partition coefficient (Wildman–Crippen LogP) is 3.54. The SMILES string of the molecule is COc1cc(C(=O)N[C@H]2COC[C@H]2Cc2ccnc3ccccc23)ccc1C. The first-order chi connectivity index (χ1) is 13.7. The van der Waals surface area contributed by atoms with Gasteiger partial charge < -0.3 is 14.8 Å². The molecule has 1 amide bonds. The Hall–Kier alpha value is -2.92. The molecule has 0 bridgehead atoms. The van der Waals surface area contributed by atoms with Crippen LogP contribution in [0.25, 0.3) is 10.9 Å². The van der Waals surface area contributed by atoms with Crippen molar-refractivity contribution >= 4 is 16.8 Å². The van der Waals surface area contributed by atoms with E-state index in [9.17, 15) is 4.79 Å². The molecule has 0 aliphatic carbocycles. The molecule has 28 heavy (non-hydrogen) atoms. The number of nitrogens with zero attached hydrogens (tertiary/aromatic N) is 1. The zero-order valence-electron chi connectivity index (χ0n) is 16.1. The standard InChI is InChI=1S/C23H24N2O3/c1-15-7-8-17(12-22(15)27-2)23(26)25-21-14-28-13-18(21)11-16-9-10-24-20-6-4-3-5-19(16)20/h3-10,12,18,21H,11,13-14H2,1-2H3,(H,25,26)/t18-,21+/m1/s1. The number of pyridine rings is 1. The van der Waals surface area contributed by atoms with Crippen LogP contribution in [0.15, 0.2) is 54.7 Å². The summed E-state index contributed by atoms with van der Waals surface area (Å²) in [7, 11) is 1.61. The highest BCUT2D eigenvalue weighted by molar-refractivity contribution is 5.95. The second-order valence-corrected chi connectivity index (χ2v) is 7.25. The van der Waals surface area contributed by atoms with Gasteiger partial charge in [0.25, 0.3) is 5.91 Å². The molecule has 144 valence electrons. The number of amides is 1. The Morgan fingerprint density at radius 3 is 2.93 bits per heavy atom.